The molecule has 0 aliphatic heterocycles. The summed E-state index contributed by atoms with van der Waals surface area (Å²) in [6.45, 7) is 2.77. The molecule has 0 fully saturated rings. The Bertz CT molecular complexity index is 584. The molecule has 0 heterocycles. The van der Waals surface area contributed by atoms with Gasteiger partial charge in [0, 0.05) is 23.2 Å². The van der Waals surface area contributed by atoms with E-state index in [1.54, 1.807) is 12.1 Å². The normalized spacial score (nSPS) is 12.4. The highest BCUT2D eigenvalue weighted by molar-refractivity contribution is 6.44. The lowest BCUT2D eigenvalue weighted by molar-refractivity contribution is 0.493. The highest BCUT2D eigenvalue weighted by atomic mass is 35.5. The fourth-order valence-corrected chi connectivity index (χ4v) is 3.00. The van der Waals surface area contributed by atoms with Gasteiger partial charge in [-0.15, -0.1) is 0 Å². The minimum atomic E-state index is 0.280. The van der Waals surface area contributed by atoms with E-state index in [9.17, 15) is 0 Å². The van der Waals surface area contributed by atoms with E-state index in [4.69, 9.17) is 34.8 Å². The van der Waals surface area contributed by atoms with E-state index in [1.807, 2.05) is 6.07 Å². The van der Waals surface area contributed by atoms with E-state index < -0.39 is 0 Å². The molecule has 0 aliphatic carbocycles. The van der Waals surface area contributed by atoms with Crippen molar-refractivity contribution in [1.29, 1.82) is 0 Å². The molecule has 1 unspecified atom stereocenters. The van der Waals surface area contributed by atoms with E-state index in [0.29, 0.717) is 21.6 Å². The van der Waals surface area contributed by atoms with Crippen LogP contribution in [-0.2, 0) is 6.54 Å². The van der Waals surface area contributed by atoms with Crippen molar-refractivity contribution < 1.29 is 0 Å². The summed E-state index contributed by atoms with van der Waals surface area (Å²) in [6, 6.07) is 14.2. The Kier molecular flexibility index (Phi) is 6.38. The summed E-state index contributed by atoms with van der Waals surface area (Å²) in [5, 5.41) is 5.23. The first-order chi connectivity index (χ1) is 10.1. The lowest BCUT2D eigenvalue weighted by Crippen LogP contribution is -2.21. The summed E-state index contributed by atoms with van der Waals surface area (Å²) in [5.41, 5.74) is 2.12. The molecular formula is C17H18Cl3N. The molecule has 0 spiro atoms. The number of halogens is 3. The summed E-state index contributed by atoms with van der Waals surface area (Å²) in [6.07, 6.45) is 2.16. The average molecular weight is 343 g/mol. The van der Waals surface area contributed by atoms with Crippen molar-refractivity contribution in [3.05, 3.63) is 68.7 Å². The van der Waals surface area contributed by atoms with Gasteiger partial charge in [-0.05, 0) is 24.1 Å². The second-order valence-corrected chi connectivity index (χ2v) is 6.15. The van der Waals surface area contributed by atoms with Crippen LogP contribution in [0.3, 0.4) is 0 Å². The van der Waals surface area contributed by atoms with Gasteiger partial charge in [0.15, 0.2) is 0 Å². The second-order valence-electron chi connectivity index (χ2n) is 4.95. The average Bonchev–Trinajstić information content (AvgIpc) is 2.51. The Morgan fingerprint density at radius 3 is 2.29 bits per heavy atom. The van der Waals surface area contributed by atoms with Crippen LogP contribution in [-0.4, -0.2) is 0 Å². The summed E-state index contributed by atoms with van der Waals surface area (Å²) in [5.74, 6) is 0. The maximum atomic E-state index is 6.25. The predicted octanol–water partition coefficient (Wildman–Crippen LogP) is 6.28. The quantitative estimate of drug-likeness (QED) is 0.609. The third kappa shape index (κ3) is 4.37. The van der Waals surface area contributed by atoms with Crippen molar-refractivity contribution in [3.63, 3.8) is 0 Å². The van der Waals surface area contributed by atoms with Crippen molar-refractivity contribution in [1.82, 2.24) is 5.32 Å². The van der Waals surface area contributed by atoms with Crippen LogP contribution in [0.25, 0.3) is 0 Å². The van der Waals surface area contributed by atoms with Crippen molar-refractivity contribution in [2.24, 2.45) is 0 Å². The number of nitrogens with one attached hydrogen (secondary N) is 1. The Morgan fingerprint density at radius 1 is 0.952 bits per heavy atom. The summed E-state index contributed by atoms with van der Waals surface area (Å²) in [7, 11) is 0. The van der Waals surface area contributed by atoms with E-state index in [0.717, 1.165) is 18.4 Å². The van der Waals surface area contributed by atoms with Crippen molar-refractivity contribution >= 4 is 34.8 Å². The second kappa shape index (κ2) is 8.05. The minimum absolute atomic E-state index is 0.280. The topological polar surface area (TPSA) is 12.0 Å². The summed E-state index contributed by atoms with van der Waals surface area (Å²) >= 11 is 18.5. The number of hydrogen-bond acceptors (Lipinski definition) is 1. The third-order valence-corrected chi connectivity index (χ3v) is 4.64. The van der Waals surface area contributed by atoms with Gasteiger partial charge in [0.1, 0.15) is 0 Å². The molecule has 0 radical (unpaired) electrons. The van der Waals surface area contributed by atoms with Gasteiger partial charge in [-0.1, -0.05) is 78.5 Å². The van der Waals surface area contributed by atoms with Crippen LogP contribution in [0.15, 0.2) is 42.5 Å². The van der Waals surface area contributed by atoms with Crippen molar-refractivity contribution in [2.45, 2.75) is 32.4 Å². The van der Waals surface area contributed by atoms with Crippen molar-refractivity contribution in [2.75, 3.05) is 0 Å². The van der Waals surface area contributed by atoms with Crippen LogP contribution in [0.4, 0.5) is 0 Å². The van der Waals surface area contributed by atoms with Crippen LogP contribution >= 0.6 is 34.8 Å². The highest BCUT2D eigenvalue weighted by Gasteiger charge is 2.13. The molecule has 1 N–H and O–H groups in total. The molecule has 1 atom stereocenters. The Labute approximate surface area is 141 Å². The van der Waals surface area contributed by atoms with Gasteiger partial charge in [0.05, 0.1) is 10.0 Å². The van der Waals surface area contributed by atoms with Gasteiger partial charge >= 0.3 is 0 Å². The fraction of sp³-hybridized carbons (Fsp3) is 0.294. The maximum absolute atomic E-state index is 6.25. The van der Waals surface area contributed by atoms with Crippen molar-refractivity contribution in [3.8, 4) is 0 Å². The van der Waals surface area contributed by atoms with E-state index in [2.05, 4.69) is 36.5 Å². The smallest absolute Gasteiger partial charge is 0.0652 e. The van der Waals surface area contributed by atoms with Gasteiger partial charge in [0.2, 0.25) is 0 Å². The fourth-order valence-electron chi connectivity index (χ4n) is 2.32. The molecule has 1 nitrogen and oxygen atoms in total. The first-order valence-corrected chi connectivity index (χ1v) is 8.17. The molecule has 112 valence electrons. The van der Waals surface area contributed by atoms with E-state index in [-0.39, 0.29) is 6.04 Å². The van der Waals surface area contributed by atoms with Crippen LogP contribution in [0.2, 0.25) is 15.1 Å². The molecule has 4 heteroatoms. The first kappa shape index (κ1) is 16.6. The van der Waals surface area contributed by atoms with Gasteiger partial charge in [-0.3, -0.25) is 0 Å². The highest BCUT2D eigenvalue weighted by Crippen LogP contribution is 2.32. The molecule has 0 saturated carbocycles. The molecule has 2 rings (SSSR count). The standard InChI is InChI=1S/C17H18Cl3N/c1-2-6-16(12-7-4-3-5-8-12)21-11-13-14(18)9-10-15(19)17(13)20/h3-5,7-10,16,21H,2,6,11H2,1H3. The lowest BCUT2D eigenvalue weighted by atomic mass is 10.0. The molecule has 21 heavy (non-hydrogen) atoms. The van der Waals surface area contributed by atoms with Gasteiger partial charge in [-0.2, -0.15) is 0 Å². The van der Waals surface area contributed by atoms with Crippen LogP contribution in [0.1, 0.15) is 36.9 Å². The molecule has 0 aliphatic rings. The molecule has 2 aromatic rings. The van der Waals surface area contributed by atoms with Gasteiger partial charge < -0.3 is 5.32 Å². The monoisotopic (exact) mass is 341 g/mol. The Morgan fingerprint density at radius 2 is 1.62 bits per heavy atom. The Hall–Kier alpha value is -0.730. The Balaban J connectivity index is 2.15. The van der Waals surface area contributed by atoms with Gasteiger partial charge in [0.25, 0.3) is 0 Å². The predicted molar refractivity (Wildman–Crippen MR) is 92.4 cm³/mol. The zero-order valence-electron chi connectivity index (χ0n) is 11.9. The molecular weight excluding hydrogens is 325 g/mol. The lowest BCUT2D eigenvalue weighted by Gasteiger charge is -2.20. The zero-order valence-corrected chi connectivity index (χ0v) is 14.1. The maximum Gasteiger partial charge on any atom is 0.0652 e. The SMILES string of the molecule is CCCC(NCc1c(Cl)ccc(Cl)c1Cl)c1ccccc1. The van der Waals surface area contributed by atoms with Crippen LogP contribution < -0.4 is 5.32 Å². The van der Waals surface area contributed by atoms with E-state index in [1.165, 1.54) is 5.56 Å². The summed E-state index contributed by atoms with van der Waals surface area (Å²) in [4.78, 5) is 0. The largest absolute Gasteiger partial charge is 0.306 e. The zero-order chi connectivity index (χ0) is 15.2. The molecule has 0 aromatic heterocycles. The third-order valence-electron chi connectivity index (χ3n) is 3.44. The molecule has 0 bridgehead atoms. The van der Waals surface area contributed by atoms with Gasteiger partial charge in [-0.25, -0.2) is 0 Å². The molecule has 0 amide bonds. The summed E-state index contributed by atoms with van der Waals surface area (Å²) < 4.78 is 0. The van der Waals surface area contributed by atoms with E-state index >= 15 is 0 Å². The minimum Gasteiger partial charge on any atom is -0.306 e. The van der Waals surface area contributed by atoms with Crippen LogP contribution in [0.5, 0.6) is 0 Å². The number of hydrogen-bond donors (Lipinski definition) is 1. The number of benzene rings is 2. The number of rotatable bonds is 6. The molecule has 0 saturated heterocycles. The van der Waals surface area contributed by atoms with Crippen LogP contribution in [0, 0.1) is 0 Å². The first-order valence-electron chi connectivity index (χ1n) is 7.04. The molecule has 2 aromatic carbocycles.